The molecule has 196 valence electrons. The smallest absolute Gasteiger partial charge is 0.207 e. The molecule has 0 N–H and O–H groups in total. The maximum atomic E-state index is 13.7. The van der Waals surface area contributed by atoms with Crippen LogP contribution in [0.25, 0.3) is 11.1 Å². The van der Waals surface area contributed by atoms with Crippen molar-refractivity contribution in [1.82, 2.24) is 4.31 Å². The molecule has 0 saturated heterocycles. The molecule has 39 heavy (non-hydrogen) atoms. The highest BCUT2D eigenvalue weighted by molar-refractivity contribution is 7.89. The molecule has 0 radical (unpaired) electrons. The normalized spacial score (nSPS) is 15.7. The monoisotopic (exact) mass is 563 g/mol. The molecule has 0 atom stereocenters. The largest absolute Gasteiger partial charge is 0.243 e. The number of benzene rings is 4. The van der Waals surface area contributed by atoms with E-state index in [1.165, 1.54) is 26.7 Å². The molecular formula is C33H33NO2SSi2. The van der Waals surface area contributed by atoms with Gasteiger partial charge < -0.3 is 0 Å². The molecule has 2 aliphatic heterocycles. The minimum Gasteiger partial charge on any atom is -0.207 e. The number of sulfonamides is 1. The van der Waals surface area contributed by atoms with Crippen LogP contribution in [-0.2, 0) is 23.1 Å². The highest BCUT2D eigenvalue weighted by Gasteiger charge is 2.42. The van der Waals surface area contributed by atoms with E-state index in [0.717, 1.165) is 22.3 Å². The van der Waals surface area contributed by atoms with Gasteiger partial charge in [0.05, 0.1) is 4.90 Å². The van der Waals surface area contributed by atoms with Gasteiger partial charge in [-0.25, -0.2) is 8.42 Å². The van der Waals surface area contributed by atoms with Gasteiger partial charge in [-0.3, -0.25) is 0 Å². The summed E-state index contributed by atoms with van der Waals surface area (Å²) in [4.78, 5) is 0.346. The van der Waals surface area contributed by atoms with Crippen molar-refractivity contribution in [2.45, 2.75) is 51.1 Å². The lowest BCUT2D eigenvalue weighted by molar-refractivity contribution is 0.431. The predicted molar refractivity (Wildman–Crippen MR) is 167 cm³/mol. The fraction of sp³-hybridized carbons (Fsp3) is 0.212. The SMILES string of the molecule is Cc1ccc(S(=O)(=O)N2Cc3cc4c(c(C#C[Si](C)(C)c5ccccc5)c3C2)[Si](C)(C)c2ccccc2-4)cc1. The summed E-state index contributed by atoms with van der Waals surface area (Å²) in [5.41, 5.74) is 10.6. The number of rotatable bonds is 3. The Morgan fingerprint density at radius 2 is 1.51 bits per heavy atom. The van der Waals surface area contributed by atoms with Crippen molar-refractivity contribution in [2.75, 3.05) is 0 Å². The van der Waals surface area contributed by atoms with Crippen molar-refractivity contribution < 1.29 is 8.42 Å². The van der Waals surface area contributed by atoms with Crippen LogP contribution < -0.4 is 15.6 Å². The second-order valence-electron chi connectivity index (χ2n) is 11.8. The molecule has 0 fully saturated rings. The van der Waals surface area contributed by atoms with Crippen LogP contribution in [0.1, 0.15) is 22.3 Å². The van der Waals surface area contributed by atoms with E-state index in [9.17, 15) is 8.42 Å². The summed E-state index contributed by atoms with van der Waals surface area (Å²) >= 11 is 0. The Balaban J connectivity index is 1.53. The Bertz CT molecular complexity index is 1780. The van der Waals surface area contributed by atoms with Crippen molar-refractivity contribution in [3.8, 4) is 22.6 Å². The molecule has 0 unspecified atom stereocenters. The van der Waals surface area contributed by atoms with Crippen LogP contribution in [0.4, 0.5) is 0 Å². The lowest BCUT2D eigenvalue weighted by Crippen LogP contribution is -2.50. The van der Waals surface area contributed by atoms with Gasteiger partial charge in [0.1, 0.15) is 8.07 Å². The van der Waals surface area contributed by atoms with E-state index >= 15 is 0 Å². The molecule has 0 aliphatic carbocycles. The topological polar surface area (TPSA) is 37.4 Å². The van der Waals surface area contributed by atoms with E-state index in [4.69, 9.17) is 0 Å². The van der Waals surface area contributed by atoms with Gasteiger partial charge in [0, 0.05) is 18.7 Å². The number of aryl methyl sites for hydroxylation is 1. The number of nitrogens with zero attached hydrogens (tertiary/aromatic N) is 1. The molecule has 0 bridgehead atoms. The van der Waals surface area contributed by atoms with Gasteiger partial charge in [0.25, 0.3) is 0 Å². The molecule has 4 aromatic carbocycles. The van der Waals surface area contributed by atoms with Crippen molar-refractivity contribution in [2.24, 2.45) is 0 Å². The van der Waals surface area contributed by atoms with Crippen LogP contribution in [0.3, 0.4) is 0 Å². The summed E-state index contributed by atoms with van der Waals surface area (Å²) in [7, 11) is -7.71. The van der Waals surface area contributed by atoms with Crippen LogP contribution in [0.5, 0.6) is 0 Å². The van der Waals surface area contributed by atoms with Crippen molar-refractivity contribution in [3.63, 3.8) is 0 Å². The summed E-state index contributed by atoms with van der Waals surface area (Å²) in [6.45, 7) is 12.1. The summed E-state index contributed by atoms with van der Waals surface area (Å²) in [5, 5.41) is 4.11. The minimum absolute atomic E-state index is 0.346. The third kappa shape index (κ3) is 4.25. The molecule has 4 aromatic rings. The number of fused-ring (bicyclic) bond motifs is 4. The van der Waals surface area contributed by atoms with E-state index in [1.807, 2.05) is 25.1 Å². The Labute approximate surface area is 234 Å². The van der Waals surface area contributed by atoms with Crippen LogP contribution in [-0.4, -0.2) is 28.9 Å². The number of hydrogen-bond acceptors (Lipinski definition) is 2. The van der Waals surface area contributed by atoms with Gasteiger partial charge in [0.2, 0.25) is 10.0 Å². The van der Waals surface area contributed by atoms with Crippen molar-refractivity contribution >= 4 is 41.7 Å². The van der Waals surface area contributed by atoms with Crippen LogP contribution in [0.2, 0.25) is 26.2 Å². The predicted octanol–water partition coefficient (Wildman–Crippen LogP) is 5.01. The minimum atomic E-state index is -3.62. The summed E-state index contributed by atoms with van der Waals surface area (Å²) < 4.78 is 29.1. The third-order valence-electron chi connectivity index (χ3n) is 8.38. The average Bonchev–Trinajstić information content (AvgIpc) is 3.46. The lowest BCUT2D eigenvalue weighted by atomic mass is 9.96. The van der Waals surface area contributed by atoms with Crippen LogP contribution >= 0.6 is 0 Å². The first-order chi connectivity index (χ1) is 18.5. The molecule has 2 aliphatic rings. The quantitative estimate of drug-likeness (QED) is 0.260. The zero-order valence-corrected chi connectivity index (χ0v) is 26.0. The standard InChI is InChI=1S/C33H33NO2SSi2/c1-24-15-17-26(18-16-24)37(35,36)34-22-25-21-30-28-13-9-10-14-32(28)39(4,5)33(30)29(31(25)23-34)19-20-38(2,3)27-11-7-6-8-12-27/h6-18,21H,22-23H2,1-5H3. The molecule has 0 amide bonds. The Morgan fingerprint density at radius 3 is 2.23 bits per heavy atom. The molecule has 6 heteroatoms. The maximum Gasteiger partial charge on any atom is 0.243 e. The zero-order valence-electron chi connectivity index (χ0n) is 23.2. The van der Waals surface area contributed by atoms with Crippen molar-refractivity contribution in [3.05, 3.63) is 107 Å². The summed E-state index contributed by atoms with van der Waals surface area (Å²) in [6, 6.07) is 28.8. The fourth-order valence-corrected chi connectivity index (χ4v) is 12.5. The van der Waals surface area contributed by atoms with Crippen LogP contribution in [0, 0.1) is 18.4 Å². The summed E-state index contributed by atoms with van der Waals surface area (Å²) in [6.07, 6.45) is 0. The van der Waals surface area contributed by atoms with Crippen LogP contribution in [0.15, 0.2) is 89.8 Å². The highest BCUT2D eigenvalue weighted by Crippen LogP contribution is 2.37. The Kier molecular flexibility index (Phi) is 6.12. The number of hydrogen-bond donors (Lipinski definition) is 0. The van der Waals surface area contributed by atoms with Gasteiger partial charge in [-0.1, -0.05) is 104 Å². The second kappa shape index (κ2) is 9.17. The molecule has 0 aromatic heterocycles. The van der Waals surface area contributed by atoms with Gasteiger partial charge in [-0.05, 0) is 62.9 Å². The first kappa shape index (κ1) is 26.0. The van der Waals surface area contributed by atoms with Gasteiger partial charge in [0.15, 0.2) is 8.07 Å². The highest BCUT2D eigenvalue weighted by atomic mass is 32.2. The van der Waals surface area contributed by atoms with Gasteiger partial charge in [-0.2, -0.15) is 4.31 Å². The second-order valence-corrected chi connectivity index (χ2v) is 22.1. The zero-order chi connectivity index (χ0) is 27.6. The van der Waals surface area contributed by atoms with E-state index in [-0.39, 0.29) is 0 Å². The Hall–Kier alpha value is -3.22. The maximum absolute atomic E-state index is 13.7. The van der Waals surface area contributed by atoms with E-state index in [1.54, 1.807) is 16.4 Å². The molecular weight excluding hydrogens is 531 g/mol. The van der Waals surface area contributed by atoms with E-state index in [0.29, 0.717) is 18.0 Å². The molecule has 3 nitrogen and oxygen atoms in total. The Morgan fingerprint density at radius 1 is 0.846 bits per heavy atom. The third-order valence-corrected chi connectivity index (χ3v) is 16.3. The van der Waals surface area contributed by atoms with Crippen molar-refractivity contribution in [1.29, 1.82) is 0 Å². The molecule has 6 rings (SSSR count). The molecule has 0 saturated carbocycles. The van der Waals surface area contributed by atoms with E-state index in [2.05, 4.69) is 92.2 Å². The van der Waals surface area contributed by atoms with Gasteiger partial charge in [-0.15, -0.1) is 5.54 Å². The summed E-state index contributed by atoms with van der Waals surface area (Å²) in [5.74, 6) is 3.72. The first-order valence-electron chi connectivity index (χ1n) is 13.4. The fourth-order valence-electron chi connectivity index (χ4n) is 6.10. The average molecular weight is 564 g/mol. The lowest BCUT2D eigenvalue weighted by Gasteiger charge is -2.22. The molecule has 2 heterocycles. The van der Waals surface area contributed by atoms with Gasteiger partial charge >= 0.3 is 0 Å². The first-order valence-corrected chi connectivity index (χ1v) is 20.9. The van der Waals surface area contributed by atoms with E-state index < -0.39 is 26.2 Å². The molecule has 0 spiro atoms.